The van der Waals surface area contributed by atoms with Gasteiger partial charge in [0.05, 0.1) is 19.8 Å². The van der Waals surface area contributed by atoms with Crippen LogP contribution in [-0.2, 0) is 14.3 Å². The quantitative estimate of drug-likeness (QED) is 0.646. The van der Waals surface area contributed by atoms with Crippen LogP contribution in [0.1, 0.15) is 32.6 Å². The van der Waals surface area contributed by atoms with E-state index >= 15 is 0 Å². The van der Waals surface area contributed by atoms with Crippen LogP contribution < -0.4 is 0 Å². The Morgan fingerprint density at radius 2 is 2.31 bits per heavy atom. The molecule has 0 saturated carbocycles. The smallest absolute Gasteiger partial charge is 0.319 e. The summed E-state index contributed by atoms with van der Waals surface area (Å²) in [6, 6.07) is 0. The minimum atomic E-state index is -0.163. The average Bonchev–Trinajstić information content (AvgIpc) is 2.30. The fourth-order valence-electron chi connectivity index (χ4n) is 2.04. The number of carbonyl (C=O) groups is 1. The number of carbonyl (C=O) groups excluding carboxylic acids is 1. The fraction of sp³-hybridized carbons (Fsp3) is 0.917. The first-order chi connectivity index (χ1) is 7.76. The molecule has 1 unspecified atom stereocenters. The Kier molecular flexibility index (Phi) is 6.42. The highest BCUT2D eigenvalue weighted by Gasteiger charge is 2.19. The largest absolute Gasteiger partial charge is 0.468 e. The highest BCUT2D eigenvalue weighted by atomic mass is 16.5. The first kappa shape index (κ1) is 13.5. The van der Waals surface area contributed by atoms with Gasteiger partial charge >= 0.3 is 5.97 Å². The molecule has 1 saturated heterocycles. The Morgan fingerprint density at radius 1 is 1.50 bits per heavy atom. The monoisotopic (exact) mass is 229 g/mol. The molecule has 0 aliphatic carbocycles. The third-order valence-electron chi connectivity index (χ3n) is 2.86. The maximum atomic E-state index is 11.2. The molecule has 1 atom stereocenters. The molecule has 4 heteroatoms. The zero-order chi connectivity index (χ0) is 11.8. The van der Waals surface area contributed by atoms with Crippen LogP contribution in [0.4, 0.5) is 0 Å². The summed E-state index contributed by atoms with van der Waals surface area (Å²) in [4.78, 5) is 13.4. The van der Waals surface area contributed by atoms with Gasteiger partial charge in [-0.3, -0.25) is 9.69 Å². The van der Waals surface area contributed by atoms with Gasteiger partial charge < -0.3 is 9.47 Å². The number of esters is 1. The van der Waals surface area contributed by atoms with Crippen molar-refractivity contribution in [2.45, 2.75) is 38.7 Å². The topological polar surface area (TPSA) is 38.8 Å². The van der Waals surface area contributed by atoms with E-state index in [1.54, 1.807) is 0 Å². The van der Waals surface area contributed by atoms with Gasteiger partial charge in [0.1, 0.15) is 0 Å². The Hall–Kier alpha value is -0.610. The standard InChI is InChI=1S/C12H23NO3/c1-3-7-13(10-12(14)15-2)9-11-6-4-5-8-16-11/h11H,3-10H2,1-2H3. The third kappa shape index (κ3) is 4.94. The Bertz CT molecular complexity index is 202. The van der Waals surface area contributed by atoms with Gasteiger partial charge in [-0.1, -0.05) is 6.92 Å². The van der Waals surface area contributed by atoms with Crippen molar-refractivity contribution < 1.29 is 14.3 Å². The molecule has 0 aromatic rings. The molecule has 1 aliphatic rings. The maximum absolute atomic E-state index is 11.2. The van der Waals surface area contributed by atoms with Crippen LogP contribution in [0, 0.1) is 0 Å². The number of rotatable bonds is 6. The van der Waals surface area contributed by atoms with E-state index in [1.807, 2.05) is 0 Å². The second-order valence-corrected chi connectivity index (χ2v) is 4.30. The van der Waals surface area contributed by atoms with E-state index in [9.17, 15) is 4.79 Å². The zero-order valence-electron chi connectivity index (χ0n) is 10.4. The first-order valence-electron chi connectivity index (χ1n) is 6.17. The lowest BCUT2D eigenvalue weighted by molar-refractivity contribution is -0.142. The summed E-state index contributed by atoms with van der Waals surface area (Å²) >= 11 is 0. The summed E-state index contributed by atoms with van der Waals surface area (Å²) in [5.74, 6) is -0.163. The van der Waals surface area contributed by atoms with Crippen molar-refractivity contribution in [3.8, 4) is 0 Å². The molecule has 16 heavy (non-hydrogen) atoms. The van der Waals surface area contributed by atoms with Gasteiger partial charge in [-0.05, 0) is 32.2 Å². The Balaban J connectivity index is 2.33. The van der Waals surface area contributed by atoms with Gasteiger partial charge in [-0.2, -0.15) is 0 Å². The van der Waals surface area contributed by atoms with E-state index < -0.39 is 0 Å². The van der Waals surface area contributed by atoms with Crippen molar-refractivity contribution >= 4 is 5.97 Å². The van der Waals surface area contributed by atoms with Crippen LogP contribution in [0.3, 0.4) is 0 Å². The van der Waals surface area contributed by atoms with Gasteiger partial charge in [-0.25, -0.2) is 0 Å². The van der Waals surface area contributed by atoms with Crippen molar-refractivity contribution in [3.63, 3.8) is 0 Å². The Labute approximate surface area is 97.9 Å². The lowest BCUT2D eigenvalue weighted by atomic mass is 10.1. The number of hydrogen-bond donors (Lipinski definition) is 0. The van der Waals surface area contributed by atoms with E-state index in [0.29, 0.717) is 12.6 Å². The SMILES string of the molecule is CCCN(CC(=O)OC)CC1CCCCO1. The van der Waals surface area contributed by atoms with Gasteiger partial charge in [0.2, 0.25) is 0 Å². The summed E-state index contributed by atoms with van der Waals surface area (Å²) in [7, 11) is 1.43. The first-order valence-corrected chi connectivity index (χ1v) is 6.17. The lowest BCUT2D eigenvalue weighted by Gasteiger charge is -2.28. The molecule has 0 aromatic carbocycles. The molecule has 1 aliphatic heterocycles. The lowest BCUT2D eigenvalue weighted by Crippen LogP contribution is -2.39. The molecule has 0 radical (unpaired) electrons. The van der Waals surface area contributed by atoms with Crippen LogP contribution in [0.2, 0.25) is 0 Å². The summed E-state index contributed by atoms with van der Waals surface area (Å²) in [5.41, 5.74) is 0. The predicted octanol–water partition coefficient (Wildman–Crippen LogP) is 1.44. The average molecular weight is 229 g/mol. The van der Waals surface area contributed by atoms with Crippen molar-refractivity contribution in [3.05, 3.63) is 0 Å². The summed E-state index contributed by atoms with van der Waals surface area (Å²) in [6.07, 6.45) is 4.86. The molecule has 1 fully saturated rings. The molecule has 0 amide bonds. The molecule has 0 bridgehead atoms. The molecule has 1 heterocycles. The number of nitrogens with zero attached hydrogens (tertiary/aromatic N) is 1. The highest BCUT2D eigenvalue weighted by Crippen LogP contribution is 2.14. The van der Waals surface area contributed by atoms with Gasteiger partial charge in [0, 0.05) is 13.2 Å². The van der Waals surface area contributed by atoms with Crippen molar-refractivity contribution in [1.29, 1.82) is 0 Å². The zero-order valence-corrected chi connectivity index (χ0v) is 10.4. The minimum Gasteiger partial charge on any atom is -0.468 e. The van der Waals surface area contributed by atoms with Gasteiger partial charge in [0.25, 0.3) is 0 Å². The molecule has 0 N–H and O–H groups in total. The normalized spacial score (nSPS) is 21.1. The Morgan fingerprint density at radius 3 is 2.88 bits per heavy atom. The molecule has 1 rings (SSSR count). The molecular weight excluding hydrogens is 206 g/mol. The van der Waals surface area contributed by atoms with Crippen molar-refractivity contribution in [2.75, 3.05) is 33.4 Å². The molecule has 94 valence electrons. The maximum Gasteiger partial charge on any atom is 0.319 e. The second-order valence-electron chi connectivity index (χ2n) is 4.30. The van der Waals surface area contributed by atoms with E-state index in [0.717, 1.165) is 32.5 Å². The number of hydrogen-bond acceptors (Lipinski definition) is 4. The van der Waals surface area contributed by atoms with Crippen LogP contribution >= 0.6 is 0 Å². The van der Waals surface area contributed by atoms with Crippen LogP contribution in [-0.4, -0.2) is 50.3 Å². The van der Waals surface area contributed by atoms with E-state index in [2.05, 4.69) is 11.8 Å². The summed E-state index contributed by atoms with van der Waals surface area (Å²) in [5, 5.41) is 0. The molecule has 4 nitrogen and oxygen atoms in total. The van der Waals surface area contributed by atoms with Crippen molar-refractivity contribution in [2.24, 2.45) is 0 Å². The van der Waals surface area contributed by atoms with E-state index in [1.165, 1.54) is 20.0 Å². The minimum absolute atomic E-state index is 0.163. The number of ether oxygens (including phenoxy) is 2. The fourth-order valence-corrected chi connectivity index (χ4v) is 2.04. The van der Waals surface area contributed by atoms with Crippen LogP contribution in [0.25, 0.3) is 0 Å². The van der Waals surface area contributed by atoms with Crippen LogP contribution in [0.15, 0.2) is 0 Å². The molecule has 0 aromatic heterocycles. The predicted molar refractivity (Wildman–Crippen MR) is 62.3 cm³/mol. The van der Waals surface area contributed by atoms with Crippen molar-refractivity contribution in [1.82, 2.24) is 4.90 Å². The highest BCUT2D eigenvalue weighted by molar-refractivity contribution is 5.71. The molecular formula is C12H23NO3. The second kappa shape index (κ2) is 7.63. The van der Waals surface area contributed by atoms with E-state index in [4.69, 9.17) is 9.47 Å². The van der Waals surface area contributed by atoms with E-state index in [-0.39, 0.29) is 5.97 Å². The number of methoxy groups -OCH3 is 1. The summed E-state index contributed by atoms with van der Waals surface area (Å²) < 4.78 is 10.4. The van der Waals surface area contributed by atoms with Crippen LogP contribution in [0.5, 0.6) is 0 Å². The third-order valence-corrected chi connectivity index (χ3v) is 2.86. The molecule has 0 spiro atoms. The van der Waals surface area contributed by atoms with Gasteiger partial charge in [-0.15, -0.1) is 0 Å². The summed E-state index contributed by atoms with van der Waals surface area (Å²) in [6.45, 7) is 5.14. The van der Waals surface area contributed by atoms with Gasteiger partial charge in [0.15, 0.2) is 0 Å².